The lowest BCUT2D eigenvalue weighted by molar-refractivity contribution is 0.415. The van der Waals surface area contributed by atoms with E-state index in [2.05, 4.69) is 0 Å². The average molecular weight is 253 g/mol. The summed E-state index contributed by atoms with van der Waals surface area (Å²) in [5.41, 5.74) is 1.77. The Morgan fingerprint density at radius 3 is 2.47 bits per heavy atom. The van der Waals surface area contributed by atoms with E-state index in [1.165, 1.54) is 0 Å². The summed E-state index contributed by atoms with van der Waals surface area (Å²) < 4.78 is 10.9. The van der Waals surface area contributed by atoms with Crippen LogP contribution in [0, 0.1) is 0 Å². The standard InChI is InChI=1S/C16H12O3/c1-18-12-8-6-11(7-9-12)16-10-14(17)13-4-2-3-5-15(13)19-16/h2-10H,1H3/p+1. The van der Waals surface area contributed by atoms with E-state index in [4.69, 9.17) is 9.15 Å². The molecule has 0 atom stereocenters. The second-order valence-corrected chi connectivity index (χ2v) is 4.22. The Labute approximate surface area is 110 Å². The molecule has 3 heteroatoms. The van der Waals surface area contributed by atoms with Crippen LogP contribution < -0.4 is 10.2 Å². The minimum absolute atomic E-state index is 0.215. The number of benzene rings is 2. The molecular weight excluding hydrogens is 240 g/mol. The Kier molecular flexibility index (Phi) is 2.80. The molecule has 3 rings (SSSR count). The predicted molar refractivity (Wildman–Crippen MR) is 73.3 cm³/mol. The van der Waals surface area contributed by atoms with Crippen molar-refractivity contribution in [2.75, 3.05) is 7.11 Å². The number of rotatable bonds is 2. The molecule has 94 valence electrons. The Morgan fingerprint density at radius 1 is 1.00 bits per heavy atom. The Hall–Kier alpha value is -2.55. The summed E-state index contributed by atoms with van der Waals surface area (Å²) in [4.78, 5) is 10.0. The van der Waals surface area contributed by atoms with Gasteiger partial charge in [0.05, 0.1) is 13.2 Å². The fraction of sp³-hybridized carbons (Fsp3) is 0.0625. The lowest BCUT2D eigenvalue weighted by atomic mass is 10.1. The topological polar surface area (TPSA) is 43.8 Å². The lowest BCUT2D eigenvalue weighted by Crippen LogP contribution is -2.02. The smallest absolute Gasteiger partial charge is 0.354 e. The van der Waals surface area contributed by atoms with Crippen LogP contribution in [0.25, 0.3) is 22.3 Å². The normalized spacial score (nSPS) is 10.6. The van der Waals surface area contributed by atoms with E-state index >= 15 is 0 Å². The molecule has 2 aromatic carbocycles. The molecule has 0 aliphatic carbocycles. The molecule has 0 bridgehead atoms. The van der Waals surface area contributed by atoms with Crippen molar-refractivity contribution in [2.24, 2.45) is 0 Å². The molecular formula is C16H13O3+. The van der Waals surface area contributed by atoms with Crippen molar-refractivity contribution in [3.8, 4) is 17.1 Å². The fourth-order valence-electron chi connectivity index (χ4n) is 2.01. The van der Waals surface area contributed by atoms with Gasteiger partial charge in [0, 0.05) is 5.56 Å². The first-order valence-electron chi connectivity index (χ1n) is 5.97. The average Bonchev–Trinajstić information content (AvgIpc) is 2.47. The van der Waals surface area contributed by atoms with Gasteiger partial charge in [0.2, 0.25) is 0 Å². The molecule has 0 radical (unpaired) electrons. The molecule has 1 heterocycles. The quantitative estimate of drug-likeness (QED) is 0.658. The third-order valence-corrected chi connectivity index (χ3v) is 3.03. The summed E-state index contributed by atoms with van der Waals surface area (Å²) in [5.74, 6) is 1.41. The van der Waals surface area contributed by atoms with Gasteiger partial charge in [0.15, 0.2) is 0 Å². The summed E-state index contributed by atoms with van der Waals surface area (Å²) >= 11 is 0. The Morgan fingerprint density at radius 2 is 1.74 bits per heavy atom. The van der Waals surface area contributed by atoms with E-state index in [0.29, 0.717) is 16.7 Å². The van der Waals surface area contributed by atoms with Crippen molar-refractivity contribution in [1.29, 1.82) is 0 Å². The van der Waals surface area contributed by atoms with Crippen molar-refractivity contribution in [1.82, 2.24) is 0 Å². The molecule has 0 aliphatic heterocycles. The summed E-state index contributed by atoms with van der Waals surface area (Å²) in [7, 11) is 1.63. The molecule has 19 heavy (non-hydrogen) atoms. The molecule has 1 N–H and O–H groups in total. The van der Waals surface area contributed by atoms with Crippen LogP contribution >= 0.6 is 0 Å². The molecule has 0 aliphatic rings. The Bertz CT molecular complexity index is 770. The highest BCUT2D eigenvalue weighted by Gasteiger charge is 2.09. The fourth-order valence-corrected chi connectivity index (χ4v) is 2.01. The minimum Gasteiger partial charge on any atom is -0.497 e. The van der Waals surface area contributed by atoms with Crippen LogP contribution in [0.5, 0.6) is 5.75 Å². The highest BCUT2D eigenvalue weighted by Crippen LogP contribution is 2.23. The van der Waals surface area contributed by atoms with E-state index < -0.39 is 0 Å². The van der Waals surface area contributed by atoms with Crippen molar-refractivity contribution >= 4 is 11.0 Å². The van der Waals surface area contributed by atoms with Gasteiger partial charge in [-0.15, -0.1) is 0 Å². The van der Waals surface area contributed by atoms with E-state index in [1.807, 2.05) is 48.5 Å². The number of ether oxygens (including phenoxy) is 1. The highest BCUT2D eigenvalue weighted by atomic mass is 16.5. The Balaban J connectivity index is 2.16. The number of hydrogen-bond donors (Lipinski definition) is 0. The van der Waals surface area contributed by atoms with Crippen molar-refractivity contribution in [2.45, 2.75) is 0 Å². The van der Waals surface area contributed by atoms with E-state index in [-0.39, 0.29) is 5.43 Å². The molecule has 0 saturated heterocycles. The molecule has 0 unspecified atom stereocenters. The first-order valence-corrected chi connectivity index (χ1v) is 5.97. The van der Waals surface area contributed by atoms with E-state index in [0.717, 1.165) is 11.3 Å². The zero-order valence-corrected chi connectivity index (χ0v) is 10.5. The maximum Gasteiger partial charge on any atom is 0.354 e. The van der Waals surface area contributed by atoms with Gasteiger partial charge >= 0.3 is 5.43 Å². The first kappa shape index (κ1) is 11.5. The van der Waals surface area contributed by atoms with Crippen LogP contribution in [0.3, 0.4) is 0 Å². The van der Waals surface area contributed by atoms with Gasteiger partial charge < -0.3 is 9.15 Å². The molecule has 0 amide bonds. The van der Waals surface area contributed by atoms with E-state index in [1.54, 1.807) is 13.2 Å². The number of hydrogen-bond acceptors (Lipinski definition) is 2. The predicted octanol–water partition coefficient (Wildman–Crippen LogP) is 3.11. The van der Waals surface area contributed by atoms with Crippen LogP contribution in [0.15, 0.2) is 59.0 Å². The maximum absolute atomic E-state index is 10.0. The molecule has 3 nitrogen and oxygen atoms in total. The van der Waals surface area contributed by atoms with Gasteiger partial charge in [-0.1, -0.05) is 12.1 Å². The summed E-state index contributed by atoms with van der Waals surface area (Å²) in [6.07, 6.45) is 0. The second-order valence-electron chi connectivity index (χ2n) is 4.22. The zero-order valence-electron chi connectivity index (χ0n) is 10.5. The lowest BCUT2D eigenvalue weighted by Gasteiger charge is -2.03. The summed E-state index contributed by atoms with van der Waals surface area (Å²) in [6.45, 7) is 0. The minimum atomic E-state index is 0.215. The first-order chi connectivity index (χ1) is 9.28. The summed E-state index contributed by atoms with van der Waals surface area (Å²) in [6, 6.07) is 16.5. The number of methoxy groups -OCH3 is 1. The van der Waals surface area contributed by atoms with Gasteiger partial charge in [-0.05, 0) is 36.4 Å². The van der Waals surface area contributed by atoms with Gasteiger partial charge in [-0.2, -0.15) is 0 Å². The SMILES string of the molecule is COc1ccc(-c2cc(=[OH+])c3ccccc3o2)cc1. The van der Waals surface area contributed by atoms with Crippen LogP contribution in [0.4, 0.5) is 0 Å². The number of para-hydroxylation sites is 1. The van der Waals surface area contributed by atoms with Gasteiger partial charge in [-0.25, -0.2) is 0 Å². The van der Waals surface area contributed by atoms with Gasteiger partial charge in [0.1, 0.15) is 22.5 Å². The summed E-state index contributed by atoms with van der Waals surface area (Å²) in [5, 5.41) is 0.708. The highest BCUT2D eigenvalue weighted by molar-refractivity contribution is 5.77. The molecule has 0 saturated carbocycles. The second kappa shape index (κ2) is 4.61. The van der Waals surface area contributed by atoms with Crippen LogP contribution in [-0.2, 0) is 0 Å². The maximum atomic E-state index is 10.0. The zero-order chi connectivity index (χ0) is 13.2. The third-order valence-electron chi connectivity index (χ3n) is 3.03. The monoisotopic (exact) mass is 253 g/mol. The van der Waals surface area contributed by atoms with Crippen LogP contribution in [0.2, 0.25) is 0 Å². The van der Waals surface area contributed by atoms with E-state index in [9.17, 15) is 4.79 Å². The molecule has 0 fully saturated rings. The third kappa shape index (κ3) is 2.10. The number of fused-ring (bicyclic) bond motifs is 1. The molecule has 0 spiro atoms. The molecule has 1 aromatic heterocycles. The van der Waals surface area contributed by atoms with Crippen molar-refractivity contribution < 1.29 is 13.9 Å². The van der Waals surface area contributed by atoms with Crippen molar-refractivity contribution in [3.05, 3.63) is 60.0 Å². The van der Waals surface area contributed by atoms with Crippen molar-refractivity contribution in [3.63, 3.8) is 0 Å². The van der Waals surface area contributed by atoms with Crippen LogP contribution in [0.1, 0.15) is 0 Å². The molecule has 3 aromatic rings. The van der Waals surface area contributed by atoms with Gasteiger partial charge in [-0.3, -0.25) is 4.79 Å². The van der Waals surface area contributed by atoms with Crippen LogP contribution in [-0.4, -0.2) is 11.9 Å². The largest absolute Gasteiger partial charge is 0.497 e. The van der Waals surface area contributed by atoms with Gasteiger partial charge in [0.25, 0.3) is 0 Å².